The number of primary amides is 1. The zero-order valence-corrected chi connectivity index (χ0v) is 35.0. The van der Waals surface area contributed by atoms with Crippen molar-refractivity contribution in [1.82, 2.24) is 58.0 Å². The fourth-order valence-electron chi connectivity index (χ4n) is 6.77. The molecule has 22 nitrogen and oxygen atoms in total. The second-order valence-corrected chi connectivity index (χ2v) is 16.6. The molecular weight excluding hydrogens is 805 g/mol. The summed E-state index contributed by atoms with van der Waals surface area (Å²) >= 11 is 1.83. The van der Waals surface area contributed by atoms with Gasteiger partial charge in [-0.1, -0.05) is 20.3 Å². The van der Waals surface area contributed by atoms with E-state index in [2.05, 4.69) is 52.5 Å². The maximum absolute atomic E-state index is 13.2. The van der Waals surface area contributed by atoms with Gasteiger partial charge in [-0.15, -0.1) is 0 Å². The molecule has 0 radical (unpaired) electrons. The van der Waals surface area contributed by atoms with Crippen LogP contribution in [0.25, 0.3) is 0 Å². The monoisotopic (exact) mass is 864 g/mol. The molecule has 7 atom stereocenters. The molecule has 3 rings (SSSR count). The van der Waals surface area contributed by atoms with E-state index in [9.17, 15) is 43.2 Å². The molecule has 1 aromatic rings. The molecular formula is C37H60N12O10S. The van der Waals surface area contributed by atoms with Crippen molar-refractivity contribution >= 4 is 65.1 Å². The Morgan fingerprint density at radius 1 is 0.850 bits per heavy atom. The van der Waals surface area contributed by atoms with Gasteiger partial charge in [-0.3, -0.25) is 43.6 Å². The zero-order chi connectivity index (χ0) is 44.2. The van der Waals surface area contributed by atoms with Crippen LogP contribution in [0.2, 0.25) is 0 Å². The van der Waals surface area contributed by atoms with E-state index in [1.807, 2.05) is 25.6 Å². The molecule has 23 heteroatoms. The van der Waals surface area contributed by atoms with E-state index in [1.54, 1.807) is 0 Å². The highest BCUT2D eigenvalue weighted by Crippen LogP contribution is 2.33. The summed E-state index contributed by atoms with van der Waals surface area (Å²) in [5, 5.41) is 30.3. The normalized spacial score (nSPS) is 18.7. The fraction of sp³-hybridized carbons (Fsp3) is 0.676. The lowest BCUT2D eigenvalue weighted by atomic mass is 9.93. The van der Waals surface area contributed by atoms with E-state index >= 15 is 0 Å². The number of rotatable bonds is 27. The Kier molecular flexibility index (Phi) is 20.6. The zero-order valence-electron chi connectivity index (χ0n) is 34.2. The lowest BCUT2D eigenvalue weighted by molar-refractivity contribution is -0.137. The summed E-state index contributed by atoms with van der Waals surface area (Å²) in [5.74, 6) is -5.04. The van der Waals surface area contributed by atoms with Crippen LogP contribution in [0.1, 0.15) is 84.3 Å². The first-order valence-electron chi connectivity index (χ1n) is 20.2. The van der Waals surface area contributed by atoms with E-state index in [4.69, 9.17) is 10.9 Å². The molecule has 334 valence electrons. The Bertz CT molecular complexity index is 1650. The van der Waals surface area contributed by atoms with Crippen molar-refractivity contribution in [2.45, 2.75) is 120 Å². The van der Waals surface area contributed by atoms with Crippen LogP contribution in [-0.2, 0) is 44.8 Å². The number of hydrogen-bond acceptors (Lipinski definition) is 12. The molecule has 2 fully saturated rings. The van der Waals surface area contributed by atoms with E-state index in [0.29, 0.717) is 43.2 Å². The number of imidazole rings is 1. The molecule has 0 spiro atoms. The highest BCUT2D eigenvalue weighted by molar-refractivity contribution is 8.00. The van der Waals surface area contributed by atoms with Crippen LogP contribution in [0.15, 0.2) is 12.5 Å². The van der Waals surface area contributed by atoms with Crippen molar-refractivity contribution in [2.75, 3.05) is 25.4 Å². The van der Waals surface area contributed by atoms with Gasteiger partial charge in [0.15, 0.2) is 0 Å². The number of H-pyrrole nitrogens is 1. The van der Waals surface area contributed by atoms with Crippen LogP contribution in [0.4, 0.5) is 4.79 Å². The van der Waals surface area contributed by atoms with Gasteiger partial charge < -0.3 is 53.3 Å². The Hall–Kier alpha value is -5.45. The van der Waals surface area contributed by atoms with Gasteiger partial charge in [0, 0.05) is 54.6 Å². The third kappa shape index (κ3) is 17.4. The molecule has 10 amide bonds. The molecule has 0 bridgehead atoms. The maximum atomic E-state index is 13.2. The SMILES string of the molecule is CC(C)CC(CC(=O)NO)C(=O)N[C@@H](C)C(=O)N[C@@H](Cc1cnc[nH]1)C(=O)NCC(=O)NCC(=O)N[C@@H](CCCCNC(=O)CCCC[C@@H]1SC[C@@H]2NC(=O)N[C@@H]21)C(N)=O. The minimum Gasteiger partial charge on any atom is -0.368 e. The van der Waals surface area contributed by atoms with Crippen molar-refractivity contribution in [3.05, 3.63) is 18.2 Å². The molecule has 0 saturated carbocycles. The van der Waals surface area contributed by atoms with Gasteiger partial charge in [0.2, 0.25) is 47.3 Å². The van der Waals surface area contributed by atoms with Gasteiger partial charge in [-0.25, -0.2) is 15.3 Å². The van der Waals surface area contributed by atoms with Crippen LogP contribution in [0, 0.1) is 11.8 Å². The average Bonchev–Trinajstić information content (AvgIpc) is 3.94. The number of carbonyl (C=O) groups is 9. The van der Waals surface area contributed by atoms with Crippen molar-refractivity contribution in [1.29, 1.82) is 0 Å². The molecule has 13 N–H and O–H groups in total. The number of aromatic amines is 1. The number of urea groups is 1. The van der Waals surface area contributed by atoms with Crippen LogP contribution in [0.5, 0.6) is 0 Å². The highest BCUT2D eigenvalue weighted by atomic mass is 32.2. The minimum atomic E-state index is -1.22. The summed E-state index contributed by atoms with van der Waals surface area (Å²) < 4.78 is 0. The second kappa shape index (κ2) is 25.2. The van der Waals surface area contributed by atoms with Crippen molar-refractivity contribution in [2.24, 2.45) is 17.6 Å². The third-order valence-corrected chi connectivity index (χ3v) is 11.4. The molecule has 0 aliphatic carbocycles. The maximum Gasteiger partial charge on any atom is 0.315 e. The van der Waals surface area contributed by atoms with E-state index < -0.39 is 78.5 Å². The number of thioether (sulfide) groups is 1. The summed E-state index contributed by atoms with van der Waals surface area (Å²) in [4.78, 5) is 119. The van der Waals surface area contributed by atoms with E-state index in [-0.39, 0.29) is 49.2 Å². The molecule has 2 aliphatic rings. The van der Waals surface area contributed by atoms with Crippen LogP contribution >= 0.6 is 11.8 Å². The first kappa shape index (κ1) is 48.9. The molecule has 2 aliphatic heterocycles. The predicted molar refractivity (Wildman–Crippen MR) is 217 cm³/mol. The Morgan fingerprint density at radius 3 is 2.28 bits per heavy atom. The Morgan fingerprint density at radius 2 is 1.60 bits per heavy atom. The number of aromatic nitrogens is 2. The van der Waals surface area contributed by atoms with Gasteiger partial charge in [0.1, 0.15) is 18.1 Å². The topological polar surface area (TPSA) is 337 Å². The van der Waals surface area contributed by atoms with Crippen LogP contribution in [0.3, 0.4) is 0 Å². The Balaban J connectivity index is 1.35. The second-order valence-electron chi connectivity index (χ2n) is 15.4. The van der Waals surface area contributed by atoms with Crippen LogP contribution < -0.4 is 53.7 Å². The summed E-state index contributed by atoms with van der Waals surface area (Å²) in [7, 11) is 0. The Labute approximate surface area is 352 Å². The highest BCUT2D eigenvalue weighted by Gasteiger charge is 2.42. The number of nitrogens with two attached hydrogens (primary N) is 1. The number of hydrogen-bond donors (Lipinski definition) is 12. The minimum absolute atomic E-state index is 0.0290. The van der Waals surface area contributed by atoms with Gasteiger partial charge in [0.05, 0.1) is 31.5 Å². The quantitative estimate of drug-likeness (QED) is 0.0193. The third-order valence-electron chi connectivity index (χ3n) is 9.92. The number of nitrogens with zero attached hydrogens (tertiary/aromatic N) is 1. The first-order chi connectivity index (χ1) is 28.6. The molecule has 0 aromatic carbocycles. The summed E-state index contributed by atoms with van der Waals surface area (Å²) in [6.45, 7) is 4.38. The van der Waals surface area contributed by atoms with E-state index in [0.717, 1.165) is 25.0 Å². The number of amides is 10. The smallest absolute Gasteiger partial charge is 0.315 e. The number of hydroxylamine groups is 1. The van der Waals surface area contributed by atoms with Gasteiger partial charge in [-0.2, -0.15) is 11.8 Å². The molecule has 1 aromatic heterocycles. The van der Waals surface area contributed by atoms with Crippen molar-refractivity contribution in [3.8, 4) is 0 Å². The summed E-state index contributed by atoms with van der Waals surface area (Å²) in [6.07, 6.45) is 6.87. The van der Waals surface area contributed by atoms with Gasteiger partial charge in [-0.05, 0) is 51.4 Å². The van der Waals surface area contributed by atoms with Crippen LogP contribution in [-0.4, -0.2) is 129 Å². The van der Waals surface area contributed by atoms with E-state index in [1.165, 1.54) is 24.9 Å². The fourth-order valence-corrected chi connectivity index (χ4v) is 8.31. The van der Waals surface area contributed by atoms with Crippen molar-refractivity contribution in [3.63, 3.8) is 0 Å². The number of fused-ring (bicyclic) bond motifs is 1. The van der Waals surface area contributed by atoms with Gasteiger partial charge in [0.25, 0.3) is 0 Å². The number of carbonyl (C=O) groups excluding carboxylic acids is 9. The lowest BCUT2D eigenvalue weighted by Crippen LogP contribution is -2.55. The van der Waals surface area contributed by atoms with Crippen molar-refractivity contribution < 1.29 is 48.4 Å². The van der Waals surface area contributed by atoms with Gasteiger partial charge >= 0.3 is 6.03 Å². The number of nitrogens with one attached hydrogen (secondary N) is 10. The number of unbranched alkanes of at least 4 members (excludes halogenated alkanes) is 2. The molecule has 60 heavy (non-hydrogen) atoms. The lowest BCUT2D eigenvalue weighted by Gasteiger charge is -2.23. The molecule has 3 heterocycles. The average molecular weight is 865 g/mol. The summed E-state index contributed by atoms with van der Waals surface area (Å²) in [6, 6.07) is -3.18. The molecule has 1 unspecified atom stereocenters. The summed E-state index contributed by atoms with van der Waals surface area (Å²) in [5.41, 5.74) is 7.45. The molecule has 2 saturated heterocycles. The first-order valence-corrected chi connectivity index (χ1v) is 21.2. The largest absolute Gasteiger partial charge is 0.368 e. The standard InChI is InChI=1S/C37H60N12O10S/c1-20(2)12-22(13-29(51)49-59)35(56)44-21(3)34(55)46-25(14-23-15-39-19-43-23)36(57)42-16-30(52)41-17-31(53)45-24(33(38)54)8-6-7-11-40-28(50)10-5-4-9-27-32-26(18-60-27)47-37(58)48-32/h15,19-22,24-27,32,59H,4-14,16-18H2,1-3H3,(H2,38,54)(H,39,43)(H,40,50)(H,41,52)(H,42,57)(H,44,56)(H,45,53)(H,46,55)(H,49,51)(H2,47,48,58)/t21-,22?,24-,25-,26-,27-,32-/m0/s1. The predicted octanol–water partition coefficient (Wildman–Crippen LogP) is -2.29.